The van der Waals surface area contributed by atoms with Crippen LogP contribution in [-0.4, -0.2) is 9.97 Å². The van der Waals surface area contributed by atoms with Gasteiger partial charge in [-0.15, -0.1) is 0 Å². The lowest BCUT2D eigenvalue weighted by Gasteiger charge is -2.22. The average molecular weight is 691 g/mol. The standard InChI is InChI=1S/C51H36N2/c1-51(2)45-27-15-26-43(49(45)44-30-35-20-9-10-21-36(35)31-46(44)51)40-28-29-42(39-24-13-12-23-38(39)40)48-32-47(52-50(53-48)34-18-7-4-8-19-34)41-25-14-11-22-37(41)33-16-5-3-6-17-33/h3-32H,1-2H3/i3D,4D,5D,6D,7D,8D,11D,14D,16D,17D,18D,19D,22D,25D. The third kappa shape index (κ3) is 5.10. The summed E-state index contributed by atoms with van der Waals surface area (Å²) in [6.07, 6.45) is 0. The van der Waals surface area contributed by atoms with E-state index in [0.29, 0.717) is 10.9 Å². The largest absolute Gasteiger partial charge is 0.228 e. The van der Waals surface area contributed by atoms with Gasteiger partial charge in [0, 0.05) is 22.1 Å². The lowest BCUT2D eigenvalue weighted by molar-refractivity contribution is 0.661. The summed E-state index contributed by atoms with van der Waals surface area (Å²) in [5, 5.41) is 3.79. The molecule has 0 aliphatic heterocycles. The minimum absolute atomic E-state index is 0.144. The third-order valence-electron chi connectivity index (χ3n) is 10.2. The zero-order chi connectivity index (χ0) is 47.7. The van der Waals surface area contributed by atoms with E-state index >= 15 is 0 Å². The Labute approximate surface area is 329 Å². The van der Waals surface area contributed by atoms with Gasteiger partial charge >= 0.3 is 0 Å². The first-order valence-corrected chi connectivity index (χ1v) is 17.2. The molecule has 0 spiro atoms. The summed E-state index contributed by atoms with van der Waals surface area (Å²) in [5.74, 6) is -0.371. The van der Waals surface area contributed by atoms with Crippen LogP contribution < -0.4 is 0 Å². The predicted molar refractivity (Wildman–Crippen MR) is 222 cm³/mol. The van der Waals surface area contributed by atoms with Gasteiger partial charge in [-0.1, -0.05) is 177 Å². The highest BCUT2D eigenvalue weighted by Crippen LogP contribution is 2.54. The molecule has 0 bridgehead atoms. The van der Waals surface area contributed by atoms with Crippen molar-refractivity contribution in [2.45, 2.75) is 19.3 Å². The molecule has 10 rings (SSSR count). The van der Waals surface area contributed by atoms with Crippen LogP contribution in [0.25, 0.3) is 88.8 Å². The van der Waals surface area contributed by atoms with Crippen molar-refractivity contribution in [1.82, 2.24) is 9.97 Å². The number of benzene rings is 8. The number of hydrogen-bond donors (Lipinski definition) is 0. The van der Waals surface area contributed by atoms with Crippen LogP contribution in [0, 0.1) is 0 Å². The molecule has 9 aromatic rings. The maximum absolute atomic E-state index is 9.26. The molecule has 250 valence electrons. The zero-order valence-electron chi connectivity index (χ0n) is 42.6. The molecule has 0 unspecified atom stereocenters. The van der Waals surface area contributed by atoms with Crippen molar-refractivity contribution in [3.63, 3.8) is 0 Å². The van der Waals surface area contributed by atoms with Gasteiger partial charge in [0.15, 0.2) is 5.82 Å². The summed E-state index contributed by atoms with van der Waals surface area (Å²) in [6, 6.07) is 22.5. The SMILES string of the molecule is [2H]c1c([2H])c([2H])c(-c2nc(-c3c([2H])c([2H])c([2H])c([2H])c3-c3c([2H])c([2H])c([2H])c([2H])c3[2H])cc(-c3ccc(-c4cccc5c4-c4cc6ccccc6cc4C5(C)C)c4ccccc34)n2)c([2H])c1[2H]. The van der Waals surface area contributed by atoms with E-state index in [1.165, 1.54) is 17.2 Å². The van der Waals surface area contributed by atoms with Crippen LogP contribution in [0.15, 0.2) is 182 Å². The van der Waals surface area contributed by atoms with Crippen LogP contribution in [-0.2, 0) is 5.41 Å². The minimum Gasteiger partial charge on any atom is -0.228 e. The van der Waals surface area contributed by atoms with E-state index < -0.39 is 95.7 Å². The second-order valence-corrected chi connectivity index (χ2v) is 13.5. The van der Waals surface area contributed by atoms with Crippen LogP contribution in [0.5, 0.6) is 0 Å². The summed E-state index contributed by atoms with van der Waals surface area (Å²) in [4.78, 5) is 9.54. The molecule has 0 fully saturated rings. The van der Waals surface area contributed by atoms with Gasteiger partial charge in [-0.05, 0) is 84.3 Å². The summed E-state index contributed by atoms with van der Waals surface area (Å²) in [7, 11) is 0. The quantitative estimate of drug-likeness (QED) is 0.180. The van der Waals surface area contributed by atoms with Gasteiger partial charge in [0.1, 0.15) is 0 Å². The van der Waals surface area contributed by atoms with Gasteiger partial charge in [0.2, 0.25) is 0 Å². The average Bonchev–Trinajstić information content (AvgIpc) is 3.55. The Morgan fingerprint density at radius 2 is 1.02 bits per heavy atom. The topological polar surface area (TPSA) is 25.8 Å². The fourth-order valence-electron chi connectivity index (χ4n) is 7.71. The van der Waals surface area contributed by atoms with Crippen molar-refractivity contribution >= 4 is 21.5 Å². The predicted octanol–water partition coefficient (Wildman–Crippen LogP) is 13.4. The monoisotopic (exact) mass is 690 g/mol. The third-order valence-corrected chi connectivity index (χ3v) is 10.2. The maximum atomic E-state index is 9.26. The molecule has 1 aliphatic rings. The number of rotatable bonds is 5. The van der Waals surface area contributed by atoms with Crippen molar-refractivity contribution in [3.05, 3.63) is 193 Å². The lowest BCUT2D eigenvalue weighted by atomic mass is 9.81. The van der Waals surface area contributed by atoms with Crippen LogP contribution in [0.4, 0.5) is 0 Å². The Morgan fingerprint density at radius 3 is 1.75 bits per heavy atom. The molecule has 1 aliphatic carbocycles. The number of aromatic nitrogens is 2. The smallest absolute Gasteiger partial charge is 0.160 e. The van der Waals surface area contributed by atoms with Gasteiger partial charge in [-0.25, -0.2) is 9.97 Å². The van der Waals surface area contributed by atoms with E-state index in [-0.39, 0.29) is 33.8 Å². The van der Waals surface area contributed by atoms with E-state index in [1.54, 1.807) is 0 Å². The van der Waals surface area contributed by atoms with Crippen LogP contribution in [0.3, 0.4) is 0 Å². The first-order chi connectivity index (χ1) is 31.8. The number of nitrogens with zero attached hydrogens (tertiary/aromatic N) is 2. The Balaban J connectivity index is 1.28. The molecule has 0 radical (unpaired) electrons. The Hall–Kier alpha value is -6.64. The van der Waals surface area contributed by atoms with E-state index in [1.807, 2.05) is 48.5 Å². The van der Waals surface area contributed by atoms with Gasteiger partial charge in [0.05, 0.1) is 30.6 Å². The van der Waals surface area contributed by atoms with Crippen LogP contribution in [0.1, 0.15) is 44.2 Å². The molecule has 1 heterocycles. The Morgan fingerprint density at radius 1 is 0.434 bits per heavy atom. The second-order valence-electron chi connectivity index (χ2n) is 13.5. The molecule has 8 aromatic carbocycles. The molecular weight excluding hydrogens is 641 g/mol. The normalized spacial score (nSPS) is 16.6. The van der Waals surface area contributed by atoms with Gasteiger partial charge < -0.3 is 0 Å². The van der Waals surface area contributed by atoms with Crippen molar-refractivity contribution in [1.29, 1.82) is 0 Å². The van der Waals surface area contributed by atoms with Crippen LogP contribution >= 0.6 is 0 Å². The lowest BCUT2D eigenvalue weighted by Crippen LogP contribution is -2.14. The Bertz CT molecular complexity index is 3620. The highest BCUT2D eigenvalue weighted by molar-refractivity contribution is 6.08. The molecule has 0 N–H and O–H groups in total. The fraction of sp³-hybridized carbons (Fsp3) is 0.0588. The molecule has 1 aromatic heterocycles. The van der Waals surface area contributed by atoms with E-state index in [4.69, 9.17) is 22.8 Å². The first-order valence-electron chi connectivity index (χ1n) is 24.2. The zero-order valence-corrected chi connectivity index (χ0v) is 28.6. The van der Waals surface area contributed by atoms with E-state index in [9.17, 15) is 1.37 Å². The van der Waals surface area contributed by atoms with E-state index in [2.05, 4.69) is 61.3 Å². The van der Waals surface area contributed by atoms with Crippen molar-refractivity contribution < 1.29 is 19.2 Å². The minimum atomic E-state index is -0.733. The fourth-order valence-corrected chi connectivity index (χ4v) is 7.71. The molecule has 0 saturated carbocycles. The molecule has 0 saturated heterocycles. The highest BCUT2D eigenvalue weighted by Gasteiger charge is 2.37. The van der Waals surface area contributed by atoms with Gasteiger partial charge in [-0.2, -0.15) is 0 Å². The molecule has 0 amide bonds. The molecule has 53 heavy (non-hydrogen) atoms. The van der Waals surface area contributed by atoms with Crippen molar-refractivity contribution in [3.8, 4) is 67.3 Å². The highest BCUT2D eigenvalue weighted by atomic mass is 14.9. The number of fused-ring (bicyclic) bond motifs is 5. The van der Waals surface area contributed by atoms with Crippen LogP contribution in [0.2, 0.25) is 0 Å². The maximum Gasteiger partial charge on any atom is 0.160 e. The summed E-state index contributed by atoms with van der Waals surface area (Å²) in [5.41, 5.74) is 4.98. The van der Waals surface area contributed by atoms with E-state index in [0.717, 1.165) is 38.4 Å². The van der Waals surface area contributed by atoms with Crippen molar-refractivity contribution in [2.24, 2.45) is 0 Å². The van der Waals surface area contributed by atoms with Crippen molar-refractivity contribution in [2.75, 3.05) is 0 Å². The summed E-state index contributed by atoms with van der Waals surface area (Å²) in [6.45, 7) is 4.46. The Kier molecular flexibility index (Phi) is 4.58. The molecule has 2 heteroatoms. The summed E-state index contributed by atoms with van der Waals surface area (Å²) >= 11 is 0. The second kappa shape index (κ2) is 12.3. The molecule has 2 nitrogen and oxygen atoms in total. The van der Waals surface area contributed by atoms with Gasteiger partial charge in [-0.3, -0.25) is 0 Å². The summed E-state index contributed by atoms with van der Waals surface area (Å²) < 4.78 is 122. The molecule has 0 atom stereocenters. The molecular formula is C51H36N2. The number of hydrogen-bond acceptors (Lipinski definition) is 2. The first kappa shape index (κ1) is 19.8. The van der Waals surface area contributed by atoms with Gasteiger partial charge in [0.25, 0.3) is 0 Å².